The van der Waals surface area contributed by atoms with Gasteiger partial charge >= 0.3 is 0 Å². The van der Waals surface area contributed by atoms with Gasteiger partial charge in [-0.05, 0) is 37.3 Å². The number of aromatic nitrogens is 1. The largest absolute Gasteiger partial charge is 0.324 e. The number of carbonyl (C=O) groups excluding carboxylic acids is 2. The van der Waals surface area contributed by atoms with Gasteiger partial charge in [0, 0.05) is 25.2 Å². The molecule has 2 N–H and O–H groups in total. The molecule has 1 aromatic heterocycles. The van der Waals surface area contributed by atoms with Gasteiger partial charge in [-0.25, -0.2) is 13.8 Å². The van der Waals surface area contributed by atoms with Gasteiger partial charge in [0.05, 0.1) is 11.9 Å². The Kier molecular flexibility index (Phi) is 4.78. The molecule has 1 aromatic rings. The lowest BCUT2D eigenvalue weighted by atomic mass is 9.78. The summed E-state index contributed by atoms with van der Waals surface area (Å²) in [5.74, 6) is -2.34. The lowest BCUT2D eigenvalue weighted by molar-refractivity contribution is -0.123. The molecule has 2 amide bonds. The van der Waals surface area contributed by atoms with E-state index in [9.17, 15) is 18.4 Å². The van der Waals surface area contributed by atoms with Crippen LogP contribution < -0.4 is 10.6 Å². The molecule has 0 aromatic carbocycles. The maximum absolute atomic E-state index is 12.7. The van der Waals surface area contributed by atoms with Gasteiger partial charge < -0.3 is 10.6 Å². The van der Waals surface area contributed by atoms with Crippen molar-refractivity contribution in [2.45, 2.75) is 50.9 Å². The second kappa shape index (κ2) is 6.83. The van der Waals surface area contributed by atoms with Gasteiger partial charge in [-0.2, -0.15) is 0 Å². The zero-order valence-electron chi connectivity index (χ0n) is 13.4. The van der Waals surface area contributed by atoms with Crippen LogP contribution in [-0.4, -0.2) is 22.7 Å². The molecule has 2 aliphatic rings. The van der Waals surface area contributed by atoms with Crippen molar-refractivity contribution < 1.29 is 18.4 Å². The first-order valence-electron chi connectivity index (χ1n) is 8.36. The number of amides is 2. The van der Waals surface area contributed by atoms with Crippen molar-refractivity contribution in [2.75, 3.05) is 10.6 Å². The molecule has 0 spiro atoms. The van der Waals surface area contributed by atoms with Gasteiger partial charge in [-0.15, -0.1) is 0 Å². The van der Waals surface area contributed by atoms with Crippen molar-refractivity contribution in [3.63, 3.8) is 0 Å². The van der Waals surface area contributed by atoms with E-state index in [1.54, 1.807) is 12.1 Å². The Labute approximate surface area is 139 Å². The summed E-state index contributed by atoms with van der Waals surface area (Å²) < 4.78 is 25.4. The Morgan fingerprint density at radius 1 is 1.21 bits per heavy atom. The Morgan fingerprint density at radius 3 is 2.50 bits per heavy atom. The molecule has 0 unspecified atom stereocenters. The highest BCUT2D eigenvalue weighted by atomic mass is 19.3. The van der Waals surface area contributed by atoms with Crippen LogP contribution in [-0.2, 0) is 9.59 Å². The summed E-state index contributed by atoms with van der Waals surface area (Å²) in [5.41, 5.74) is 0.599. The van der Waals surface area contributed by atoms with Gasteiger partial charge in [0.25, 0.3) is 0 Å². The highest BCUT2D eigenvalue weighted by Crippen LogP contribution is 2.44. The minimum absolute atomic E-state index is 0.0112. The van der Waals surface area contributed by atoms with E-state index in [2.05, 4.69) is 15.6 Å². The zero-order chi connectivity index (χ0) is 17.2. The maximum Gasteiger partial charge on any atom is 0.248 e. The van der Waals surface area contributed by atoms with Gasteiger partial charge in [-0.3, -0.25) is 9.59 Å². The number of hydrogen-bond acceptors (Lipinski definition) is 3. The van der Waals surface area contributed by atoms with Crippen LogP contribution in [0, 0.1) is 11.8 Å². The van der Waals surface area contributed by atoms with Crippen molar-refractivity contribution in [2.24, 2.45) is 11.8 Å². The van der Waals surface area contributed by atoms with E-state index >= 15 is 0 Å². The minimum atomic E-state index is -2.54. The van der Waals surface area contributed by atoms with Gasteiger partial charge in [0.1, 0.15) is 5.82 Å². The Morgan fingerprint density at radius 2 is 1.96 bits per heavy atom. The highest BCUT2D eigenvalue weighted by Gasteiger charge is 2.44. The second-order valence-corrected chi connectivity index (χ2v) is 6.77. The smallest absolute Gasteiger partial charge is 0.248 e. The SMILES string of the molecule is O=C(CCC1CC(F)(F)C1)Nc1ccc(NC(=O)C2CCC2)cn1. The number of pyridine rings is 1. The van der Waals surface area contributed by atoms with Crippen LogP contribution in [0.1, 0.15) is 44.9 Å². The zero-order valence-corrected chi connectivity index (χ0v) is 13.4. The summed E-state index contributed by atoms with van der Waals surface area (Å²) in [6.07, 6.45) is 4.90. The molecule has 3 rings (SSSR count). The number of carbonyl (C=O) groups is 2. The second-order valence-electron chi connectivity index (χ2n) is 6.77. The summed E-state index contributed by atoms with van der Waals surface area (Å²) in [6.45, 7) is 0. The van der Waals surface area contributed by atoms with Crippen LogP contribution in [0.15, 0.2) is 18.3 Å². The molecule has 24 heavy (non-hydrogen) atoms. The number of nitrogens with one attached hydrogen (secondary N) is 2. The molecular formula is C17H21F2N3O2. The van der Waals surface area contributed by atoms with E-state index in [4.69, 9.17) is 0 Å². The van der Waals surface area contributed by atoms with Crippen molar-refractivity contribution in [3.8, 4) is 0 Å². The fraction of sp³-hybridized carbons (Fsp3) is 0.588. The van der Waals surface area contributed by atoms with E-state index in [0.717, 1.165) is 19.3 Å². The summed E-state index contributed by atoms with van der Waals surface area (Å²) in [4.78, 5) is 27.7. The standard InChI is InChI=1S/C17H21F2N3O2/c18-17(19)8-11(9-17)4-7-15(23)22-14-6-5-13(10-20-14)21-16(24)12-2-1-3-12/h5-6,10-12H,1-4,7-9H2,(H,21,24)(H,20,22,23). The van der Waals surface area contributed by atoms with Crippen LogP contribution in [0.5, 0.6) is 0 Å². The molecule has 0 atom stereocenters. The summed E-state index contributed by atoms with van der Waals surface area (Å²) in [6, 6.07) is 3.30. The molecule has 130 valence electrons. The third-order valence-electron chi connectivity index (χ3n) is 4.73. The minimum Gasteiger partial charge on any atom is -0.324 e. The number of halogens is 2. The van der Waals surface area contributed by atoms with Crippen LogP contribution in [0.4, 0.5) is 20.3 Å². The first kappa shape index (κ1) is 16.8. The first-order valence-corrected chi connectivity index (χ1v) is 8.36. The van der Waals surface area contributed by atoms with Crippen LogP contribution >= 0.6 is 0 Å². The summed E-state index contributed by atoms with van der Waals surface area (Å²) >= 11 is 0. The predicted molar refractivity (Wildman–Crippen MR) is 85.7 cm³/mol. The lowest BCUT2D eigenvalue weighted by Gasteiger charge is -2.34. The molecule has 5 nitrogen and oxygen atoms in total. The average molecular weight is 337 g/mol. The monoisotopic (exact) mass is 337 g/mol. The Bertz CT molecular complexity index is 607. The number of alkyl halides is 2. The normalized spacial score (nSPS) is 19.9. The van der Waals surface area contributed by atoms with E-state index in [1.807, 2.05) is 0 Å². The Balaban J connectivity index is 1.40. The summed E-state index contributed by atoms with van der Waals surface area (Å²) in [7, 11) is 0. The molecule has 0 radical (unpaired) electrons. The highest BCUT2D eigenvalue weighted by molar-refractivity contribution is 5.93. The molecule has 0 aliphatic heterocycles. The topological polar surface area (TPSA) is 71.1 Å². The molecule has 7 heteroatoms. The summed E-state index contributed by atoms with van der Waals surface area (Å²) in [5, 5.41) is 5.44. The van der Waals surface area contributed by atoms with Gasteiger partial charge in [-0.1, -0.05) is 6.42 Å². The molecule has 2 saturated carbocycles. The number of hydrogen-bond donors (Lipinski definition) is 2. The molecule has 1 heterocycles. The van der Waals surface area contributed by atoms with Crippen molar-refractivity contribution in [1.29, 1.82) is 0 Å². The number of rotatable bonds is 6. The molecule has 2 fully saturated rings. The van der Waals surface area contributed by atoms with Gasteiger partial charge in [0.15, 0.2) is 0 Å². The van der Waals surface area contributed by atoms with Crippen molar-refractivity contribution in [3.05, 3.63) is 18.3 Å². The number of nitrogens with zero attached hydrogens (tertiary/aromatic N) is 1. The molecular weight excluding hydrogens is 316 g/mol. The quantitative estimate of drug-likeness (QED) is 0.833. The van der Waals surface area contributed by atoms with E-state index in [0.29, 0.717) is 17.9 Å². The number of anilines is 2. The molecule has 2 aliphatic carbocycles. The first-order chi connectivity index (χ1) is 11.4. The van der Waals surface area contributed by atoms with Crippen LogP contribution in [0.3, 0.4) is 0 Å². The predicted octanol–water partition coefficient (Wildman–Crippen LogP) is 3.58. The van der Waals surface area contributed by atoms with E-state index in [-0.39, 0.29) is 42.9 Å². The van der Waals surface area contributed by atoms with Crippen LogP contribution in [0.25, 0.3) is 0 Å². The third kappa shape index (κ3) is 4.27. The molecule has 0 bridgehead atoms. The van der Waals surface area contributed by atoms with Crippen molar-refractivity contribution in [1.82, 2.24) is 4.98 Å². The fourth-order valence-electron chi connectivity index (χ4n) is 2.99. The maximum atomic E-state index is 12.7. The van der Waals surface area contributed by atoms with Crippen LogP contribution in [0.2, 0.25) is 0 Å². The van der Waals surface area contributed by atoms with Crippen molar-refractivity contribution >= 4 is 23.3 Å². The van der Waals surface area contributed by atoms with Gasteiger partial charge in [0.2, 0.25) is 17.7 Å². The van der Waals surface area contributed by atoms with E-state index in [1.165, 1.54) is 6.20 Å². The van der Waals surface area contributed by atoms with E-state index < -0.39 is 5.92 Å². The lowest BCUT2D eigenvalue weighted by Crippen LogP contribution is -2.35. The fourth-order valence-corrected chi connectivity index (χ4v) is 2.99. The average Bonchev–Trinajstić information content (AvgIpc) is 2.43. The molecule has 0 saturated heterocycles. The Hall–Kier alpha value is -2.05. The third-order valence-corrected chi connectivity index (χ3v) is 4.73.